The van der Waals surface area contributed by atoms with Crippen molar-refractivity contribution in [3.63, 3.8) is 0 Å². The molecule has 8 nitrogen and oxygen atoms in total. The molecule has 4 aromatic rings. The van der Waals surface area contributed by atoms with Crippen LogP contribution in [0.2, 0.25) is 0 Å². The summed E-state index contributed by atoms with van der Waals surface area (Å²) < 4.78 is 26.7. The van der Waals surface area contributed by atoms with Gasteiger partial charge in [-0.3, -0.25) is 9.80 Å². The normalized spacial score (nSPS) is 12.3. The van der Waals surface area contributed by atoms with Gasteiger partial charge in [-0.25, -0.2) is 9.59 Å². The van der Waals surface area contributed by atoms with E-state index in [0.29, 0.717) is 52.2 Å². The van der Waals surface area contributed by atoms with Crippen LogP contribution in [0.4, 0.5) is 0 Å². The summed E-state index contributed by atoms with van der Waals surface area (Å²) in [6, 6.07) is 32.6. The number of aryl methyl sites for hydroxylation is 2. The van der Waals surface area contributed by atoms with Crippen LogP contribution in [0.5, 0.6) is 11.5 Å². The van der Waals surface area contributed by atoms with Crippen molar-refractivity contribution in [3.05, 3.63) is 128 Å². The lowest BCUT2D eigenvalue weighted by Gasteiger charge is -2.33. The minimum atomic E-state index is -1.01. The zero-order chi connectivity index (χ0) is 41.5. The Labute approximate surface area is 363 Å². The highest BCUT2D eigenvalue weighted by Gasteiger charge is 2.32. The first kappa shape index (κ1) is 47.0. The number of carbonyl (C=O) groups is 2. The van der Waals surface area contributed by atoms with Gasteiger partial charge in [-0.2, -0.15) is 0 Å². The molecule has 0 radical (unpaired) electrons. The van der Waals surface area contributed by atoms with Crippen LogP contribution in [0.15, 0.2) is 106 Å². The van der Waals surface area contributed by atoms with Crippen molar-refractivity contribution >= 4 is 43.8 Å². The molecule has 0 aliphatic carbocycles. The summed E-state index contributed by atoms with van der Waals surface area (Å²) in [5.41, 5.74) is 4.31. The summed E-state index contributed by atoms with van der Waals surface area (Å²) in [6.07, 6.45) is 6.24. The Bertz CT molecular complexity index is 1650. The summed E-state index contributed by atoms with van der Waals surface area (Å²) in [6.45, 7) is 12.3. The van der Waals surface area contributed by atoms with E-state index in [9.17, 15) is 9.59 Å². The fourth-order valence-electron chi connectivity index (χ4n) is 7.06. The van der Waals surface area contributed by atoms with E-state index in [1.807, 2.05) is 48.5 Å². The number of hydrogen-bond acceptors (Lipinski definition) is 8. The molecule has 0 aromatic heterocycles. The lowest BCUT2D eigenvalue weighted by Crippen LogP contribution is -2.45. The average molecular weight is 923 g/mol. The van der Waals surface area contributed by atoms with Gasteiger partial charge in [-0.15, -0.1) is 0 Å². The maximum absolute atomic E-state index is 13.9. The number of carbonyl (C=O) groups excluding carboxylic acids is 2. The van der Waals surface area contributed by atoms with Crippen molar-refractivity contribution in [3.8, 4) is 11.5 Å². The average Bonchev–Trinajstić information content (AvgIpc) is 3.22. The van der Waals surface area contributed by atoms with Gasteiger partial charge in [0.05, 0.1) is 13.2 Å². The minimum Gasteiger partial charge on any atom is -0.493 e. The molecule has 10 heteroatoms. The highest BCUT2D eigenvalue weighted by atomic mass is 79.9. The van der Waals surface area contributed by atoms with E-state index < -0.39 is 24.4 Å². The van der Waals surface area contributed by atoms with E-state index >= 15 is 0 Å². The first-order valence-corrected chi connectivity index (χ1v) is 22.6. The van der Waals surface area contributed by atoms with Crippen LogP contribution in [-0.2, 0) is 44.7 Å². The van der Waals surface area contributed by atoms with Crippen LogP contribution in [0.3, 0.4) is 0 Å². The van der Waals surface area contributed by atoms with Gasteiger partial charge in [-0.05, 0) is 98.9 Å². The Kier molecular flexibility index (Phi) is 21.4. The van der Waals surface area contributed by atoms with Gasteiger partial charge in [-0.1, -0.05) is 120 Å². The van der Waals surface area contributed by atoms with E-state index in [1.165, 1.54) is 11.1 Å². The molecule has 0 bridgehead atoms. The molecular formula is C48H62Br2N2O6. The fourth-order valence-corrected chi connectivity index (χ4v) is 7.88. The first-order valence-electron chi connectivity index (χ1n) is 21.0. The maximum atomic E-state index is 13.9. The van der Waals surface area contributed by atoms with Gasteiger partial charge in [0.15, 0.2) is 12.5 Å². The van der Waals surface area contributed by atoms with Crippen molar-refractivity contribution in [1.29, 1.82) is 0 Å². The topological polar surface area (TPSA) is 77.5 Å². The molecular weight excluding hydrogens is 860 g/mol. The number of rotatable bonds is 26. The number of esters is 2. The quantitative estimate of drug-likeness (QED) is 0.0267. The van der Waals surface area contributed by atoms with Crippen molar-refractivity contribution in [2.24, 2.45) is 0 Å². The SMILES string of the molecule is CCCN(CCC)C(Cc1cc(Br)ccc1OCCCc1ccccc1)OC(=O)C(=O)OC(Cc1cc(Br)ccc1OCCCc1ccccc1)N(CCC)CCC. The van der Waals surface area contributed by atoms with Crippen LogP contribution >= 0.6 is 31.9 Å². The zero-order valence-electron chi connectivity index (χ0n) is 34.8. The molecule has 58 heavy (non-hydrogen) atoms. The Hall–Kier alpha value is -3.70. The van der Waals surface area contributed by atoms with Gasteiger partial charge in [0.2, 0.25) is 0 Å². The van der Waals surface area contributed by atoms with E-state index in [2.05, 4.69) is 118 Å². The van der Waals surface area contributed by atoms with E-state index in [-0.39, 0.29) is 0 Å². The van der Waals surface area contributed by atoms with Crippen molar-refractivity contribution in [2.45, 2.75) is 104 Å². The van der Waals surface area contributed by atoms with Gasteiger partial charge in [0.1, 0.15) is 11.5 Å². The minimum absolute atomic E-state index is 0.344. The molecule has 0 fully saturated rings. The summed E-state index contributed by atoms with van der Waals surface area (Å²) in [7, 11) is 0. The van der Waals surface area contributed by atoms with E-state index in [0.717, 1.165) is 82.9 Å². The first-order chi connectivity index (χ1) is 28.2. The molecule has 2 unspecified atom stereocenters. The molecule has 0 heterocycles. The molecule has 4 aromatic carbocycles. The second-order valence-electron chi connectivity index (χ2n) is 14.6. The Morgan fingerprint density at radius 1 is 0.534 bits per heavy atom. The predicted molar refractivity (Wildman–Crippen MR) is 240 cm³/mol. The van der Waals surface area contributed by atoms with Crippen molar-refractivity contribution < 1.29 is 28.5 Å². The highest BCUT2D eigenvalue weighted by molar-refractivity contribution is 9.10. The fraction of sp³-hybridized carbons (Fsp3) is 0.458. The van der Waals surface area contributed by atoms with Crippen LogP contribution in [-0.4, -0.2) is 73.6 Å². The molecule has 0 N–H and O–H groups in total. The Morgan fingerprint density at radius 2 is 0.897 bits per heavy atom. The van der Waals surface area contributed by atoms with E-state index in [4.69, 9.17) is 18.9 Å². The standard InChI is InChI=1S/C48H62Br2N2O6/c1-5-27-51(28-6-2)45(35-39-33-41(49)23-25-43(39)55-31-15-21-37-17-11-9-12-18-37)57-47(53)48(54)58-46(52(29-7-3)30-8-4)36-40-34-42(50)24-26-44(40)56-32-16-22-38-19-13-10-14-20-38/h9-14,17-20,23-26,33-34,45-46H,5-8,15-16,21-22,27-32,35-36H2,1-4H3. The third kappa shape index (κ3) is 16.2. The molecule has 2 atom stereocenters. The predicted octanol–water partition coefficient (Wildman–Crippen LogP) is 11.0. The largest absolute Gasteiger partial charge is 0.493 e. The highest BCUT2D eigenvalue weighted by Crippen LogP contribution is 2.29. The number of hydrogen-bond donors (Lipinski definition) is 0. The molecule has 314 valence electrons. The lowest BCUT2D eigenvalue weighted by atomic mass is 10.1. The van der Waals surface area contributed by atoms with Crippen LogP contribution in [0.1, 0.15) is 88.5 Å². The summed E-state index contributed by atoms with van der Waals surface area (Å²) >= 11 is 7.27. The molecule has 0 spiro atoms. The van der Waals surface area contributed by atoms with Gasteiger partial charge < -0.3 is 18.9 Å². The number of ether oxygens (including phenoxy) is 4. The Balaban J connectivity index is 1.51. The molecule has 0 saturated carbocycles. The Morgan fingerprint density at radius 3 is 1.24 bits per heavy atom. The molecule has 0 amide bonds. The lowest BCUT2D eigenvalue weighted by molar-refractivity contribution is -0.185. The van der Waals surface area contributed by atoms with Crippen molar-refractivity contribution in [1.82, 2.24) is 9.80 Å². The number of benzene rings is 4. The molecule has 0 saturated heterocycles. The maximum Gasteiger partial charge on any atom is 0.419 e. The van der Waals surface area contributed by atoms with Crippen LogP contribution in [0.25, 0.3) is 0 Å². The molecule has 0 aliphatic rings. The summed E-state index contributed by atoms with van der Waals surface area (Å²) in [5, 5.41) is 0. The van der Waals surface area contributed by atoms with Crippen LogP contribution < -0.4 is 9.47 Å². The summed E-state index contributed by atoms with van der Waals surface area (Å²) in [4.78, 5) is 32.0. The monoisotopic (exact) mass is 920 g/mol. The molecule has 4 rings (SSSR count). The third-order valence-electron chi connectivity index (χ3n) is 9.77. The van der Waals surface area contributed by atoms with Crippen molar-refractivity contribution in [2.75, 3.05) is 39.4 Å². The van der Waals surface area contributed by atoms with Gasteiger partial charge in [0.25, 0.3) is 0 Å². The second-order valence-corrected chi connectivity index (χ2v) is 16.4. The van der Waals surface area contributed by atoms with E-state index in [1.54, 1.807) is 0 Å². The smallest absolute Gasteiger partial charge is 0.419 e. The van der Waals surface area contributed by atoms with Gasteiger partial charge in [0, 0.05) is 59.1 Å². The number of halogens is 2. The molecule has 0 aliphatic heterocycles. The summed E-state index contributed by atoms with van der Waals surface area (Å²) in [5.74, 6) is -0.552. The van der Waals surface area contributed by atoms with Crippen LogP contribution in [0, 0.1) is 0 Å². The third-order valence-corrected chi connectivity index (χ3v) is 10.8. The zero-order valence-corrected chi connectivity index (χ0v) is 38.0. The second kappa shape index (κ2) is 26.4. The number of nitrogens with zero attached hydrogens (tertiary/aromatic N) is 2. The van der Waals surface area contributed by atoms with Gasteiger partial charge >= 0.3 is 11.9 Å².